The molecule has 0 amide bonds. The molecule has 20 heavy (non-hydrogen) atoms. The highest BCUT2D eigenvalue weighted by Gasteiger charge is 2.23. The number of methoxy groups -OCH3 is 1. The zero-order valence-electron chi connectivity index (χ0n) is 10.7. The molecule has 1 N–H and O–H groups in total. The topological polar surface area (TPSA) is 29.5 Å². The second-order valence-electron chi connectivity index (χ2n) is 4.60. The number of hydrogen-bond acceptors (Lipinski definition) is 3. The second kappa shape index (κ2) is 5.28. The molecule has 0 aromatic heterocycles. The lowest BCUT2D eigenvalue weighted by Gasteiger charge is -2.13. The van der Waals surface area contributed by atoms with Crippen LogP contribution in [-0.2, 0) is 6.42 Å². The first kappa shape index (κ1) is 13.7. The predicted molar refractivity (Wildman–Crippen MR) is 77.2 cm³/mol. The lowest BCUT2D eigenvalue weighted by atomic mass is 10.0. The van der Waals surface area contributed by atoms with E-state index >= 15 is 0 Å². The Hall–Kier alpha value is -1.23. The highest BCUT2D eigenvalue weighted by atomic mass is 35.5. The lowest BCUT2D eigenvalue weighted by molar-refractivity contribution is 0.175. The maximum atomic E-state index is 13.4. The van der Waals surface area contributed by atoms with Crippen LogP contribution in [0.15, 0.2) is 40.1 Å². The van der Waals surface area contributed by atoms with Gasteiger partial charge in [0.15, 0.2) is 0 Å². The average molecular weight is 311 g/mol. The number of aliphatic hydroxyl groups excluding tert-OH is 1. The maximum Gasteiger partial charge on any atom is 0.138 e. The molecule has 104 valence electrons. The summed E-state index contributed by atoms with van der Waals surface area (Å²) >= 11 is 7.53. The van der Waals surface area contributed by atoms with Crippen molar-refractivity contribution in [2.24, 2.45) is 0 Å². The molecule has 5 heteroatoms. The van der Waals surface area contributed by atoms with Crippen LogP contribution < -0.4 is 4.74 Å². The minimum atomic E-state index is -0.660. The van der Waals surface area contributed by atoms with E-state index in [0.29, 0.717) is 17.2 Å². The third kappa shape index (κ3) is 2.39. The zero-order chi connectivity index (χ0) is 14.3. The summed E-state index contributed by atoms with van der Waals surface area (Å²) in [6, 6.07) is 8.12. The van der Waals surface area contributed by atoms with E-state index in [-0.39, 0.29) is 5.82 Å². The van der Waals surface area contributed by atoms with Crippen LogP contribution in [0.5, 0.6) is 5.75 Å². The molecule has 1 aliphatic rings. The number of halogens is 2. The van der Waals surface area contributed by atoms with Crippen molar-refractivity contribution >= 4 is 23.4 Å². The highest BCUT2D eigenvalue weighted by Crippen LogP contribution is 2.44. The summed E-state index contributed by atoms with van der Waals surface area (Å²) in [5.74, 6) is 0.264. The molecule has 0 aliphatic carbocycles. The fourth-order valence-corrected chi connectivity index (χ4v) is 3.70. The minimum Gasteiger partial charge on any atom is -0.495 e. The summed E-state index contributed by atoms with van der Waals surface area (Å²) in [5, 5.41) is 10.8. The van der Waals surface area contributed by atoms with Gasteiger partial charge in [0.25, 0.3) is 0 Å². The maximum absolute atomic E-state index is 13.4. The predicted octanol–water partition coefficient (Wildman–Crippen LogP) is 4.23. The molecule has 2 aromatic rings. The molecule has 2 nitrogen and oxygen atoms in total. The molecule has 0 radical (unpaired) electrons. The Morgan fingerprint density at radius 1 is 1.30 bits per heavy atom. The normalized spacial score (nSPS) is 17.1. The molecule has 2 aromatic carbocycles. The summed E-state index contributed by atoms with van der Waals surface area (Å²) in [7, 11) is 1.54. The Morgan fingerprint density at radius 3 is 2.85 bits per heavy atom. The molecule has 1 heterocycles. The molecule has 3 rings (SSSR count). The monoisotopic (exact) mass is 310 g/mol. The van der Waals surface area contributed by atoms with E-state index in [1.54, 1.807) is 25.3 Å². The molecule has 0 saturated heterocycles. The van der Waals surface area contributed by atoms with E-state index in [2.05, 4.69) is 0 Å². The van der Waals surface area contributed by atoms with Crippen molar-refractivity contribution in [2.45, 2.75) is 22.3 Å². The molecule has 0 bridgehead atoms. The number of ether oxygens (including phenoxy) is 1. The van der Waals surface area contributed by atoms with Crippen molar-refractivity contribution in [1.82, 2.24) is 0 Å². The third-order valence-electron chi connectivity index (χ3n) is 3.31. The molecule has 1 unspecified atom stereocenters. The fraction of sp³-hybridized carbons (Fsp3) is 0.200. The van der Waals surface area contributed by atoms with E-state index in [9.17, 15) is 9.50 Å². The first-order valence-electron chi connectivity index (χ1n) is 6.10. The van der Waals surface area contributed by atoms with Crippen molar-refractivity contribution in [3.05, 3.63) is 52.3 Å². The van der Waals surface area contributed by atoms with E-state index in [4.69, 9.17) is 16.3 Å². The van der Waals surface area contributed by atoms with Crippen LogP contribution >= 0.6 is 23.4 Å². The van der Waals surface area contributed by atoms with Gasteiger partial charge in [0.05, 0.1) is 18.2 Å². The van der Waals surface area contributed by atoms with Gasteiger partial charge in [-0.15, -0.1) is 0 Å². The van der Waals surface area contributed by atoms with Gasteiger partial charge in [-0.25, -0.2) is 4.39 Å². The molecule has 0 fully saturated rings. The number of fused-ring (bicyclic) bond motifs is 2. The number of rotatable bonds is 1. The third-order valence-corrected chi connectivity index (χ3v) is 4.77. The van der Waals surface area contributed by atoms with Crippen LogP contribution in [0, 0.1) is 5.82 Å². The minimum absolute atomic E-state index is 0.282. The van der Waals surface area contributed by atoms with Gasteiger partial charge in [-0.3, -0.25) is 0 Å². The van der Waals surface area contributed by atoms with E-state index in [0.717, 1.165) is 20.9 Å². The summed E-state index contributed by atoms with van der Waals surface area (Å²) in [6.07, 6.45) is -0.217. The summed E-state index contributed by atoms with van der Waals surface area (Å²) in [4.78, 5) is 1.65. The average Bonchev–Trinajstić information content (AvgIpc) is 2.54. The fourth-order valence-electron chi connectivity index (χ4n) is 2.28. The van der Waals surface area contributed by atoms with E-state index < -0.39 is 6.10 Å². The van der Waals surface area contributed by atoms with Gasteiger partial charge in [0, 0.05) is 16.2 Å². The van der Waals surface area contributed by atoms with Crippen LogP contribution in [0.3, 0.4) is 0 Å². The van der Waals surface area contributed by atoms with Crippen molar-refractivity contribution < 1.29 is 14.2 Å². The van der Waals surface area contributed by atoms with Gasteiger partial charge in [-0.05, 0) is 35.4 Å². The summed E-state index contributed by atoms with van der Waals surface area (Å²) in [5.41, 5.74) is 1.67. The smallest absolute Gasteiger partial charge is 0.138 e. The van der Waals surface area contributed by atoms with Gasteiger partial charge in [-0.2, -0.15) is 0 Å². The number of aliphatic hydroxyl groups is 1. The highest BCUT2D eigenvalue weighted by molar-refractivity contribution is 7.99. The second-order valence-corrected chi connectivity index (χ2v) is 6.09. The number of hydrogen-bond donors (Lipinski definition) is 1. The van der Waals surface area contributed by atoms with Crippen molar-refractivity contribution in [3.63, 3.8) is 0 Å². The van der Waals surface area contributed by atoms with E-state index in [1.165, 1.54) is 23.9 Å². The first-order valence-corrected chi connectivity index (χ1v) is 7.29. The van der Waals surface area contributed by atoms with Crippen molar-refractivity contribution in [2.75, 3.05) is 7.11 Å². The van der Waals surface area contributed by atoms with Crippen LogP contribution in [-0.4, -0.2) is 12.2 Å². The molecular formula is C15H12ClFO2S. The number of benzene rings is 2. The molecule has 0 spiro atoms. The summed E-state index contributed by atoms with van der Waals surface area (Å²) < 4.78 is 18.6. The Morgan fingerprint density at radius 2 is 2.10 bits per heavy atom. The SMILES string of the molecule is COc1cc2c(cc1Cl)C(O)Cc1ccc(F)cc1S2. The molecular weight excluding hydrogens is 299 g/mol. The molecule has 1 aliphatic heterocycles. The molecule has 0 saturated carbocycles. The van der Waals surface area contributed by atoms with Gasteiger partial charge in [0.1, 0.15) is 11.6 Å². The Balaban J connectivity index is 2.14. The zero-order valence-corrected chi connectivity index (χ0v) is 12.3. The van der Waals surface area contributed by atoms with E-state index in [1.807, 2.05) is 0 Å². The quantitative estimate of drug-likeness (QED) is 0.855. The molecule has 1 atom stereocenters. The van der Waals surface area contributed by atoms with Crippen molar-refractivity contribution in [1.29, 1.82) is 0 Å². The largest absolute Gasteiger partial charge is 0.495 e. The Bertz CT molecular complexity index is 675. The van der Waals surface area contributed by atoms with Crippen LogP contribution in [0.4, 0.5) is 4.39 Å². The standard InChI is InChI=1S/C15H12ClFO2S/c1-19-13-7-15-10(6-11(13)16)12(18)4-8-2-3-9(17)5-14(8)20-15/h2-3,5-7,12,18H,4H2,1H3. The van der Waals surface area contributed by atoms with Gasteiger partial charge >= 0.3 is 0 Å². The van der Waals surface area contributed by atoms with Crippen LogP contribution in [0.1, 0.15) is 17.2 Å². The van der Waals surface area contributed by atoms with Crippen molar-refractivity contribution in [3.8, 4) is 5.75 Å². The van der Waals surface area contributed by atoms with Gasteiger partial charge < -0.3 is 9.84 Å². The Kier molecular flexibility index (Phi) is 3.63. The van der Waals surface area contributed by atoms with Crippen LogP contribution in [0.2, 0.25) is 5.02 Å². The lowest BCUT2D eigenvalue weighted by Crippen LogP contribution is -2.02. The van der Waals surface area contributed by atoms with Gasteiger partial charge in [-0.1, -0.05) is 29.4 Å². The summed E-state index contributed by atoms with van der Waals surface area (Å²) in [6.45, 7) is 0. The Labute approximate surface area is 125 Å². The first-order chi connectivity index (χ1) is 9.58. The van der Waals surface area contributed by atoms with Crippen LogP contribution in [0.25, 0.3) is 0 Å². The van der Waals surface area contributed by atoms with Gasteiger partial charge in [0.2, 0.25) is 0 Å².